The lowest BCUT2D eigenvalue weighted by Gasteiger charge is -2.34. The largest absolute Gasteiger partial charge is 0.425 e. The summed E-state index contributed by atoms with van der Waals surface area (Å²) >= 11 is 0. The maximum Gasteiger partial charge on any atom is 0.425 e. The van der Waals surface area contributed by atoms with Crippen LogP contribution in [0, 0.1) is 5.92 Å². The Balaban J connectivity index is 1.73. The third kappa shape index (κ3) is 5.33. The van der Waals surface area contributed by atoms with Crippen LogP contribution in [0.5, 0.6) is 0 Å². The minimum atomic E-state index is -5.24. The van der Waals surface area contributed by atoms with Gasteiger partial charge in [-0.15, -0.1) is 0 Å². The molecule has 1 N–H and O–H groups in total. The topological polar surface area (TPSA) is 66.5 Å². The SMILES string of the molecule is CC1=C(C(=O)c2ccccc2)C(NC(=O)CCC2CCCCC2)(C(F)(F)F)C(=O)N1Cc1ccccc1. The van der Waals surface area contributed by atoms with Crippen molar-refractivity contribution in [1.82, 2.24) is 10.2 Å². The molecule has 0 bridgehead atoms. The minimum absolute atomic E-state index is 0.0105. The standard InChI is InChI=1S/C29H31F3N2O3/c1-20-25(26(36)23-15-9-4-10-16-23)28(29(30,31)32,27(37)34(20)19-22-13-7-3-8-14-22)33-24(35)18-17-21-11-5-2-6-12-21/h3-4,7-10,13-16,21H,2,5-6,11-12,17-19H2,1H3,(H,33,35). The molecule has 37 heavy (non-hydrogen) atoms. The third-order valence-corrected chi connectivity index (χ3v) is 7.41. The van der Waals surface area contributed by atoms with Crippen molar-refractivity contribution < 1.29 is 27.6 Å². The number of Topliss-reactive ketones (excluding diaryl/α,β-unsaturated/α-hetero) is 1. The van der Waals surface area contributed by atoms with Crippen molar-refractivity contribution in [2.24, 2.45) is 5.92 Å². The predicted molar refractivity (Wildman–Crippen MR) is 133 cm³/mol. The molecule has 2 aliphatic rings. The lowest BCUT2D eigenvalue weighted by atomic mass is 9.83. The molecule has 0 spiro atoms. The summed E-state index contributed by atoms with van der Waals surface area (Å²) in [6, 6.07) is 16.1. The van der Waals surface area contributed by atoms with E-state index in [1.54, 1.807) is 48.5 Å². The van der Waals surface area contributed by atoms with E-state index in [-0.39, 0.29) is 30.1 Å². The van der Waals surface area contributed by atoms with Gasteiger partial charge in [-0.3, -0.25) is 14.4 Å². The zero-order valence-electron chi connectivity index (χ0n) is 20.8. The molecule has 1 heterocycles. The first-order valence-corrected chi connectivity index (χ1v) is 12.7. The average Bonchev–Trinajstić information content (AvgIpc) is 3.10. The third-order valence-electron chi connectivity index (χ3n) is 7.41. The van der Waals surface area contributed by atoms with Crippen LogP contribution in [-0.4, -0.2) is 34.2 Å². The lowest BCUT2D eigenvalue weighted by Crippen LogP contribution is -2.66. The van der Waals surface area contributed by atoms with Crippen molar-refractivity contribution in [1.29, 1.82) is 0 Å². The van der Waals surface area contributed by atoms with Crippen LogP contribution in [0.3, 0.4) is 0 Å². The Kier molecular flexibility index (Phi) is 7.85. The molecule has 2 aromatic rings. The molecular weight excluding hydrogens is 481 g/mol. The Morgan fingerprint density at radius 1 is 0.973 bits per heavy atom. The number of hydrogen-bond donors (Lipinski definition) is 1. The summed E-state index contributed by atoms with van der Waals surface area (Å²) in [5.74, 6) is -2.92. The Labute approximate surface area is 214 Å². The molecule has 1 atom stereocenters. The Bertz CT molecular complexity index is 1170. The molecule has 1 unspecified atom stereocenters. The van der Waals surface area contributed by atoms with Gasteiger partial charge in [0.2, 0.25) is 11.4 Å². The molecule has 0 saturated heterocycles. The Hall–Kier alpha value is -3.42. The summed E-state index contributed by atoms with van der Waals surface area (Å²) in [7, 11) is 0. The molecule has 1 aliphatic heterocycles. The Morgan fingerprint density at radius 2 is 1.57 bits per heavy atom. The van der Waals surface area contributed by atoms with Crippen molar-refractivity contribution in [2.75, 3.05) is 0 Å². The smallest absolute Gasteiger partial charge is 0.330 e. The molecule has 196 valence electrons. The van der Waals surface area contributed by atoms with Crippen LogP contribution in [0.25, 0.3) is 0 Å². The number of allylic oxidation sites excluding steroid dienone is 1. The van der Waals surface area contributed by atoms with Gasteiger partial charge in [0, 0.05) is 17.7 Å². The monoisotopic (exact) mass is 512 g/mol. The zero-order chi connectivity index (χ0) is 26.6. The summed E-state index contributed by atoms with van der Waals surface area (Å²) in [6.45, 7) is 1.17. The van der Waals surface area contributed by atoms with E-state index < -0.39 is 34.9 Å². The predicted octanol–water partition coefficient (Wildman–Crippen LogP) is 5.96. The van der Waals surface area contributed by atoms with Crippen molar-refractivity contribution in [3.8, 4) is 0 Å². The summed E-state index contributed by atoms with van der Waals surface area (Å²) in [5.41, 5.74) is -3.71. The van der Waals surface area contributed by atoms with Gasteiger partial charge in [-0.05, 0) is 24.8 Å². The highest BCUT2D eigenvalue weighted by atomic mass is 19.4. The molecule has 5 nitrogen and oxygen atoms in total. The van der Waals surface area contributed by atoms with Gasteiger partial charge >= 0.3 is 6.18 Å². The van der Waals surface area contributed by atoms with E-state index in [0.717, 1.165) is 37.0 Å². The van der Waals surface area contributed by atoms with Gasteiger partial charge in [-0.1, -0.05) is 92.8 Å². The summed E-state index contributed by atoms with van der Waals surface area (Å²) in [6.07, 6.45) is 0.174. The lowest BCUT2D eigenvalue weighted by molar-refractivity contribution is -0.193. The van der Waals surface area contributed by atoms with E-state index in [1.807, 2.05) is 5.32 Å². The first-order valence-electron chi connectivity index (χ1n) is 12.7. The summed E-state index contributed by atoms with van der Waals surface area (Å²) < 4.78 is 45.0. The summed E-state index contributed by atoms with van der Waals surface area (Å²) in [5, 5.41) is 2.03. The van der Waals surface area contributed by atoms with Crippen LogP contribution in [0.4, 0.5) is 13.2 Å². The molecule has 0 radical (unpaired) electrons. The highest BCUT2D eigenvalue weighted by molar-refractivity contribution is 6.19. The zero-order valence-corrected chi connectivity index (χ0v) is 20.8. The quantitative estimate of drug-likeness (QED) is 0.444. The van der Waals surface area contributed by atoms with Crippen LogP contribution >= 0.6 is 0 Å². The Morgan fingerprint density at radius 3 is 2.16 bits per heavy atom. The minimum Gasteiger partial charge on any atom is -0.330 e. The molecule has 8 heteroatoms. The maximum atomic E-state index is 15.0. The molecule has 1 aliphatic carbocycles. The van der Waals surface area contributed by atoms with Gasteiger partial charge in [-0.25, -0.2) is 0 Å². The number of nitrogens with zero attached hydrogens (tertiary/aromatic N) is 1. The van der Waals surface area contributed by atoms with Crippen molar-refractivity contribution >= 4 is 17.6 Å². The van der Waals surface area contributed by atoms with Gasteiger partial charge in [-0.2, -0.15) is 13.2 Å². The number of amides is 2. The fourth-order valence-electron chi connectivity index (χ4n) is 5.43. The summed E-state index contributed by atoms with van der Waals surface area (Å²) in [4.78, 5) is 41.2. The van der Waals surface area contributed by atoms with Crippen molar-refractivity contribution in [3.63, 3.8) is 0 Å². The molecule has 2 amide bonds. The molecule has 1 saturated carbocycles. The van der Waals surface area contributed by atoms with E-state index in [4.69, 9.17) is 0 Å². The number of carbonyl (C=O) groups excluding carboxylic acids is 3. The molecule has 2 aromatic carbocycles. The highest BCUT2D eigenvalue weighted by Crippen LogP contribution is 2.46. The van der Waals surface area contributed by atoms with Crippen LogP contribution < -0.4 is 5.32 Å². The average molecular weight is 513 g/mol. The van der Waals surface area contributed by atoms with Crippen LogP contribution in [0.15, 0.2) is 71.9 Å². The van der Waals surface area contributed by atoms with E-state index in [9.17, 15) is 27.6 Å². The maximum absolute atomic E-state index is 15.0. The van der Waals surface area contributed by atoms with E-state index >= 15 is 0 Å². The van der Waals surface area contributed by atoms with Crippen molar-refractivity contribution in [2.45, 2.75) is 70.1 Å². The second-order valence-corrected chi connectivity index (χ2v) is 9.87. The molecular formula is C29H31F3N2O3. The number of rotatable bonds is 8. The number of ketones is 1. The first kappa shape index (κ1) is 26.6. The van der Waals surface area contributed by atoms with Gasteiger partial charge in [0.05, 0.1) is 12.1 Å². The number of halogens is 3. The van der Waals surface area contributed by atoms with Gasteiger partial charge in [0.15, 0.2) is 5.78 Å². The number of nitrogens with one attached hydrogen (secondary N) is 1. The highest BCUT2D eigenvalue weighted by Gasteiger charge is 2.70. The number of carbonyl (C=O) groups is 3. The fraction of sp³-hybridized carbons (Fsp3) is 0.414. The van der Waals surface area contributed by atoms with E-state index in [0.29, 0.717) is 12.0 Å². The normalized spacial score (nSPS) is 20.9. The first-order chi connectivity index (χ1) is 17.6. The molecule has 4 rings (SSSR count). The fourth-order valence-corrected chi connectivity index (χ4v) is 5.43. The van der Waals surface area contributed by atoms with Crippen LogP contribution in [-0.2, 0) is 16.1 Å². The molecule has 0 aromatic heterocycles. The van der Waals surface area contributed by atoms with E-state index in [1.165, 1.54) is 19.1 Å². The van der Waals surface area contributed by atoms with Crippen LogP contribution in [0.2, 0.25) is 0 Å². The van der Waals surface area contributed by atoms with Gasteiger partial charge < -0.3 is 10.2 Å². The van der Waals surface area contributed by atoms with E-state index in [2.05, 4.69) is 0 Å². The molecule has 1 fully saturated rings. The van der Waals surface area contributed by atoms with Crippen LogP contribution in [0.1, 0.15) is 67.8 Å². The van der Waals surface area contributed by atoms with Gasteiger partial charge in [0.25, 0.3) is 5.91 Å². The number of alkyl halides is 3. The second-order valence-electron chi connectivity index (χ2n) is 9.87. The second kappa shape index (κ2) is 10.9. The number of benzene rings is 2. The number of hydrogen-bond acceptors (Lipinski definition) is 3. The van der Waals surface area contributed by atoms with Gasteiger partial charge in [0.1, 0.15) is 0 Å². The van der Waals surface area contributed by atoms with Crippen molar-refractivity contribution in [3.05, 3.63) is 83.1 Å².